The molecule has 10 heteroatoms. The second-order valence-corrected chi connectivity index (χ2v) is 8.65. The van der Waals surface area contributed by atoms with Crippen molar-refractivity contribution in [2.45, 2.75) is 0 Å². The van der Waals surface area contributed by atoms with Crippen LogP contribution in [0.1, 0.15) is 20.7 Å². The Labute approximate surface area is 144 Å². The molecule has 130 valence electrons. The van der Waals surface area contributed by atoms with Gasteiger partial charge in [-0.25, -0.2) is 8.42 Å². The molecule has 2 aliphatic rings. The van der Waals surface area contributed by atoms with Gasteiger partial charge in [0.1, 0.15) is 6.29 Å². The third-order valence-corrected chi connectivity index (χ3v) is 6.74. The topological polar surface area (TPSA) is 136 Å². The highest BCUT2D eigenvalue weighted by atomic mass is 32.2. The van der Waals surface area contributed by atoms with Crippen LogP contribution in [-0.2, 0) is 9.84 Å². The molecule has 1 amide bonds. The molecule has 0 saturated carbocycles. The number of hydrogen-bond acceptors (Lipinski definition) is 7. The van der Waals surface area contributed by atoms with Crippen molar-refractivity contribution in [1.29, 1.82) is 5.26 Å². The fraction of sp³-hybridized carbons (Fsp3) is 0.400. The number of amides is 1. The van der Waals surface area contributed by atoms with E-state index in [4.69, 9.17) is 0 Å². The molecule has 0 aromatic heterocycles. The van der Waals surface area contributed by atoms with E-state index in [1.165, 1.54) is 23.1 Å². The Morgan fingerprint density at radius 3 is 2.72 bits per heavy atom. The molecule has 2 N–H and O–H groups in total. The van der Waals surface area contributed by atoms with Crippen LogP contribution in [-0.4, -0.2) is 67.3 Å². The quantitative estimate of drug-likeness (QED) is 0.478. The number of nitrogens with zero attached hydrogens (tertiary/aromatic N) is 2. The van der Waals surface area contributed by atoms with Gasteiger partial charge >= 0.3 is 7.12 Å². The molecule has 0 unspecified atom stereocenters. The van der Waals surface area contributed by atoms with Gasteiger partial charge in [-0.2, -0.15) is 5.26 Å². The maximum atomic E-state index is 12.7. The number of benzene rings is 1. The van der Waals surface area contributed by atoms with E-state index < -0.39 is 34.2 Å². The van der Waals surface area contributed by atoms with E-state index in [0.29, 0.717) is 6.29 Å². The molecule has 8 nitrogen and oxygen atoms in total. The number of aldehydes is 1. The van der Waals surface area contributed by atoms with E-state index >= 15 is 0 Å². The van der Waals surface area contributed by atoms with Gasteiger partial charge in [-0.3, -0.25) is 9.59 Å². The number of likely N-dealkylation sites (tertiary alicyclic amines) is 1. The van der Waals surface area contributed by atoms with Crippen LogP contribution in [0.3, 0.4) is 0 Å². The Morgan fingerprint density at radius 2 is 2.16 bits per heavy atom. The fourth-order valence-corrected chi connectivity index (χ4v) is 5.98. The molecule has 3 rings (SSSR count). The van der Waals surface area contributed by atoms with Crippen LogP contribution in [0, 0.1) is 22.7 Å². The Bertz CT molecular complexity index is 894. The predicted octanol–water partition coefficient (Wildman–Crippen LogP) is -1.81. The first-order chi connectivity index (χ1) is 11.7. The minimum Gasteiger partial charge on any atom is -0.423 e. The van der Waals surface area contributed by atoms with Crippen LogP contribution in [0.15, 0.2) is 18.2 Å². The molecule has 2 fully saturated rings. The second kappa shape index (κ2) is 5.95. The summed E-state index contributed by atoms with van der Waals surface area (Å²) in [7, 11) is -5.11. The highest BCUT2D eigenvalue weighted by Crippen LogP contribution is 2.43. The number of nitriles is 1. The molecule has 0 aliphatic carbocycles. The molecule has 0 bridgehead atoms. The molecule has 2 aliphatic heterocycles. The van der Waals surface area contributed by atoms with Crippen molar-refractivity contribution in [2.24, 2.45) is 11.3 Å². The Hall–Kier alpha value is -2.22. The van der Waals surface area contributed by atoms with Gasteiger partial charge in [0.05, 0.1) is 23.0 Å². The minimum atomic E-state index is -3.28. The summed E-state index contributed by atoms with van der Waals surface area (Å²) in [5.41, 5.74) is -0.937. The predicted molar refractivity (Wildman–Crippen MR) is 87.7 cm³/mol. The van der Waals surface area contributed by atoms with Gasteiger partial charge in [-0.15, -0.1) is 0 Å². The van der Waals surface area contributed by atoms with Gasteiger partial charge in [-0.05, 0) is 17.6 Å². The SMILES string of the molecule is N#C[C@]12CN(C(=O)c3ccc(B(O)O)c(C=O)c3)C[C@@H]1CS(=O)(=O)C2. The van der Waals surface area contributed by atoms with E-state index in [2.05, 4.69) is 6.07 Å². The highest BCUT2D eigenvalue weighted by molar-refractivity contribution is 7.91. The van der Waals surface area contributed by atoms with Crippen LogP contribution in [0.4, 0.5) is 0 Å². The largest absolute Gasteiger partial charge is 0.489 e. The lowest BCUT2D eigenvalue weighted by Crippen LogP contribution is -2.36. The van der Waals surface area contributed by atoms with Crippen LogP contribution in [0.2, 0.25) is 0 Å². The zero-order valence-electron chi connectivity index (χ0n) is 13.1. The Kier molecular flexibility index (Phi) is 4.19. The molecular weight excluding hydrogens is 347 g/mol. The smallest absolute Gasteiger partial charge is 0.423 e. The fourth-order valence-electron chi connectivity index (χ4n) is 3.65. The lowest BCUT2D eigenvalue weighted by Gasteiger charge is -2.20. The summed E-state index contributed by atoms with van der Waals surface area (Å²) >= 11 is 0. The average molecular weight is 362 g/mol. The highest BCUT2D eigenvalue weighted by Gasteiger charge is 2.57. The zero-order chi connectivity index (χ0) is 18.4. The molecule has 1 aromatic rings. The van der Waals surface area contributed by atoms with Crippen molar-refractivity contribution < 1.29 is 28.1 Å². The summed E-state index contributed by atoms with van der Waals surface area (Å²) < 4.78 is 23.6. The molecule has 2 saturated heterocycles. The van der Waals surface area contributed by atoms with Crippen LogP contribution >= 0.6 is 0 Å². The number of carbonyl (C=O) groups excluding carboxylic acids is 2. The van der Waals surface area contributed by atoms with Crippen LogP contribution < -0.4 is 5.46 Å². The minimum absolute atomic E-state index is 0.00979. The molecule has 0 radical (unpaired) electrons. The number of rotatable bonds is 3. The molecule has 2 heterocycles. The summed E-state index contributed by atoms with van der Waals surface area (Å²) in [5, 5.41) is 27.9. The summed E-state index contributed by atoms with van der Waals surface area (Å²) in [6, 6.07) is 5.99. The standard InChI is InChI=1S/C15H15BN2O6S/c17-7-15-8-18(4-12(15)6-25(23,24)9-15)14(20)10-1-2-13(16(21)22)11(3-10)5-19/h1-3,5,12,21-22H,4,6,8-9H2/t12-,15-/m1/s1. The lowest BCUT2D eigenvalue weighted by atomic mass is 9.77. The first-order valence-electron chi connectivity index (χ1n) is 7.57. The Morgan fingerprint density at radius 1 is 1.44 bits per heavy atom. The molecule has 25 heavy (non-hydrogen) atoms. The van der Waals surface area contributed by atoms with Gasteiger partial charge < -0.3 is 14.9 Å². The summed E-state index contributed by atoms with van der Waals surface area (Å²) in [4.78, 5) is 25.2. The summed E-state index contributed by atoms with van der Waals surface area (Å²) in [5.74, 6) is -1.21. The summed E-state index contributed by atoms with van der Waals surface area (Å²) in [6.07, 6.45) is 0.424. The van der Waals surface area contributed by atoms with Crippen molar-refractivity contribution in [1.82, 2.24) is 4.90 Å². The lowest BCUT2D eigenvalue weighted by molar-refractivity contribution is 0.0780. The zero-order valence-corrected chi connectivity index (χ0v) is 13.9. The van der Waals surface area contributed by atoms with E-state index in [1.54, 1.807) is 0 Å². The molecule has 0 spiro atoms. The molecule has 1 aromatic carbocycles. The van der Waals surface area contributed by atoms with Crippen molar-refractivity contribution in [3.63, 3.8) is 0 Å². The number of carbonyl (C=O) groups is 2. The first kappa shape index (κ1) is 17.6. The van der Waals surface area contributed by atoms with Crippen LogP contribution in [0.25, 0.3) is 0 Å². The normalized spacial score (nSPS) is 26.8. The number of hydrogen-bond donors (Lipinski definition) is 2. The van der Waals surface area contributed by atoms with E-state index in [1.807, 2.05) is 0 Å². The van der Waals surface area contributed by atoms with Gasteiger partial charge in [0, 0.05) is 30.1 Å². The Balaban J connectivity index is 1.87. The van der Waals surface area contributed by atoms with Crippen molar-refractivity contribution in [2.75, 3.05) is 24.6 Å². The molecule has 2 atom stereocenters. The third-order valence-electron chi connectivity index (χ3n) is 4.88. The van der Waals surface area contributed by atoms with Gasteiger partial charge in [-0.1, -0.05) is 6.07 Å². The number of fused-ring (bicyclic) bond motifs is 1. The number of sulfone groups is 1. The van der Waals surface area contributed by atoms with Crippen molar-refractivity contribution >= 4 is 34.6 Å². The maximum absolute atomic E-state index is 12.7. The average Bonchev–Trinajstić information content (AvgIpc) is 3.02. The monoisotopic (exact) mass is 362 g/mol. The second-order valence-electron chi connectivity index (χ2n) is 6.54. The van der Waals surface area contributed by atoms with E-state index in [9.17, 15) is 33.3 Å². The van der Waals surface area contributed by atoms with Gasteiger partial charge in [0.25, 0.3) is 5.91 Å². The third kappa shape index (κ3) is 2.95. The first-order valence-corrected chi connectivity index (χ1v) is 9.40. The van der Waals surface area contributed by atoms with Gasteiger partial charge in [0.15, 0.2) is 9.84 Å². The van der Waals surface area contributed by atoms with E-state index in [0.717, 1.165) is 0 Å². The maximum Gasteiger partial charge on any atom is 0.489 e. The van der Waals surface area contributed by atoms with Crippen molar-refractivity contribution in [3.8, 4) is 6.07 Å². The molecular formula is C15H15BN2O6S. The van der Waals surface area contributed by atoms with Crippen LogP contribution in [0.5, 0.6) is 0 Å². The van der Waals surface area contributed by atoms with Gasteiger partial charge in [0.2, 0.25) is 0 Å². The summed E-state index contributed by atoms with van der Waals surface area (Å²) in [6.45, 7) is 0.180. The van der Waals surface area contributed by atoms with E-state index in [-0.39, 0.29) is 41.2 Å². The van der Waals surface area contributed by atoms with Crippen molar-refractivity contribution in [3.05, 3.63) is 29.3 Å².